The monoisotopic (exact) mass is 379 g/mol. The molecule has 0 saturated heterocycles. The van der Waals surface area contributed by atoms with E-state index in [9.17, 15) is 18.4 Å². The molecule has 0 spiro atoms. The lowest BCUT2D eigenvalue weighted by atomic mass is 9.93. The Bertz CT molecular complexity index is 779. The highest BCUT2D eigenvalue weighted by atomic mass is 19.3. The standard InChI is InChI=1S/C18H23F2N5O2/c1-9-3-2-4-13(22)10-5-11(7-12(6-10)16(23)26)15(25-18(19)20)14(8-21)24-17(9)27/h5-9,13,18,21,25H,2-4,22H2,1H3,(H2,23,26)(H,24,27)/b15-14+,21-8?. The van der Waals surface area contributed by atoms with Gasteiger partial charge >= 0.3 is 6.55 Å². The maximum atomic E-state index is 13.1. The van der Waals surface area contributed by atoms with Crippen molar-refractivity contribution in [3.05, 3.63) is 40.6 Å². The van der Waals surface area contributed by atoms with Gasteiger partial charge in [-0.1, -0.05) is 13.3 Å². The maximum absolute atomic E-state index is 13.1. The molecule has 2 atom stereocenters. The first-order valence-electron chi connectivity index (χ1n) is 8.54. The van der Waals surface area contributed by atoms with Gasteiger partial charge in [0.2, 0.25) is 11.8 Å². The van der Waals surface area contributed by atoms with Gasteiger partial charge in [-0.25, -0.2) is 0 Å². The average molecular weight is 379 g/mol. The lowest BCUT2D eigenvalue weighted by Gasteiger charge is -2.22. The van der Waals surface area contributed by atoms with E-state index in [1.54, 1.807) is 13.0 Å². The van der Waals surface area contributed by atoms with Crippen molar-refractivity contribution < 1.29 is 18.4 Å². The second-order valence-corrected chi connectivity index (χ2v) is 6.51. The maximum Gasteiger partial charge on any atom is 0.313 e. The summed E-state index contributed by atoms with van der Waals surface area (Å²) in [6.45, 7) is -1.23. The highest BCUT2D eigenvalue weighted by Crippen LogP contribution is 2.26. The number of carbonyl (C=O) groups excluding carboxylic acids is 2. The summed E-state index contributed by atoms with van der Waals surface area (Å²) in [6.07, 6.45) is 2.54. The summed E-state index contributed by atoms with van der Waals surface area (Å²) >= 11 is 0. The first-order valence-corrected chi connectivity index (χ1v) is 8.54. The second kappa shape index (κ2) is 8.72. The van der Waals surface area contributed by atoms with Gasteiger partial charge in [0.25, 0.3) is 0 Å². The third-order valence-electron chi connectivity index (χ3n) is 4.48. The Morgan fingerprint density at radius 1 is 1.37 bits per heavy atom. The van der Waals surface area contributed by atoms with Crippen molar-refractivity contribution in [3.63, 3.8) is 0 Å². The molecule has 146 valence electrons. The number of benzene rings is 1. The Hall–Kier alpha value is -2.81. The smallest absolute Gasteiger partial charge is 0.313 e. The van der Waals surface area contributed by atoms with Gasteiger partial charge in [-0.05, 0) is 36.6 Å². The minimum absolute atomic E-state index is 0.104. The van der Waals surface area contributed by atoms with E-state index in [1.165, 1.54) is 12.1 Å². The SMILES string of the molecule is CC1CCCC(N)c2cc(C(N)=O)cc(c2)/C(NC(F)F)=C(/C=N)NC1=O. The van der Waals surface area contributed by atoms with Crippen LogP contribution in [0.4, 0.5) is 8.78 Å². The molecule has 0 saturated carbocycles. The average Bonchev–Trinajstić information content (AvgIpc) is 2.62. The zero-order valence-corrected chi connectivity index (χ0v) is 14.9. The zero-order chi connectivity index (χ0) is 20.1. The summed E-state index contributed by atoms with van der Waals surface area (Å²) < 4.78 is 26.2. The molecule has 0 fully saturated rings. The first kappa shape index (κ1) is 20.5. The van der Waals surface area contributed by atoms with E-state index in [0.29, 0.717) is 24.8 Å². The van der Waals surface area contributed by atoms with Crippen molar-refractivity contribution >= 4 is 23.7 Å². The van der Waals surface area contributed by atoms with Crippen LogP contribution in [-0.2, 0) is 4.79 Å². The topological polar surface area (TPSA) is 134 Å². The number of hydrogen-bond acceptors (Lipinski definition) is 5. The number of primary amides is 1. The fourth-order valence-electron chi connectivity index (χ4n) is 2.95. The largest absolute Gasteiger partial charge is 0.366 e. The number of nitrogens with two attached hydrogens (primary N) is 2. The first-order chi connectivity index (χ1) is 12.7. The number of rotatable bonds is 4. The van der Waals surface area contributed by atoms with Crippen molar-refractivity contribution in [2.24, 2.45) is 17.4 Å². The summed E-state index contributed by atoms with van der Waals surface area (Å²) in [7, 11) is 0. The van der Waals surface area contributed by atoms with E-state index in [1.807, 2.05) is 5.32 Å². The van der Waals surface area contributed by atoms with Gasteiger partial charge in [-0.15, -0.1) is 0 Å². The molecule has 7 nitrogen and oxygen atoms in total. The highest BCUT2D eigenvalue weighted by Gasteiger charge is 2.22. The van der Waals surface area contributed by atoms with Crippen LogP contribution in [0.1, 0.15) is 53.7 Å². The molecule has 7 N–H and O–H groups in total. The van der Waals surface area contributed by atoms with Crippen LogP contribution >= 0.6 is 0 Å². The van der Waals surface area contributed by atoms with E-state index in [-0.39, 0.29) is 34.3 Å². The normalized spacial score (nSPS) is 23.8. The number of hydrogen-bond donors (Lipinski definition) is 5. The molecule has 9 heteroatoms. The number of alkyl halides is 2. The molecule has 2 bridgehead atoms. The summed E-state index contributed by atoms with van der Waals surface area (Å²) in [5.74, 6) is -1.50. The van der Waals surface area contributed by atoms with Gasteiger partial charge in [0, 0.05) is 29.3 Å². The van der Waals surface area contributed by atoms with Crippen molar-refractivity contribution in [2.75, 3.05) is 0 Å². The minimum atomic E-state index is -2.95. The Morgan fingerprint density at radius 2 is 2.07 bits per heavy atom. The van der Waals surface area contributed by atoms with Gasteiger partial charge in [-0.2, -0.15) is 8.78 Å². The number of carbonyl (C=O) groups is 2. The van der Waals surface area contributed by atoms with Crippen LogP contribution in [0.5, 0.6) is 0 Å². The highest BCUT2D eigenvalue weighted by molar-refractivity contribution is 5.97. The fraction of sp³-hybridized carbons (Fsp3) is 0.389. The van der Waals surface area contributed by atoms with Gasteiger partial charge in [0.05, 0.1) is 11.4 Å². The lowest BCUT2D eigenvalue weighted by Crippen LogP contribution is -2.33. The Labute approximate surface area is 155 Å². The Kier molecular flexibility index (Phi) is 6.62. The van der Waals surface area contributed by atoms with Crippen LogP contribution in [0.25, 0.3) is 5.70 Å². The molecule has 1 aromatic rings. The minimum Gasteiger partial charge on any atom is -0.366 e. The molecule has 1 aliphatic heterocycles. The molecule has 0 aliphatic carbocycles. The number of nitrogens with one attached hydrogen (secondary N) is 3. The Balaban J connectivity index is 2.72. The number of allylic oxidation sites excluding steroid dienone is 1. The van der Waals surface area contributed by atoms with E-state index in [2.05, 4.69) is 5.32 Å². The molecule has 2 amide bonds. The van der Waals surface area contributed by atoms with Gasteiger partial charge in [-0.3, -0.25) is 9.59 Å². The van der Waals surface area contributed by atoms with Crippen molar-refractivity contribution in [3.8, 4) is 0 Å². The van der Waals surface area contributed by atoms with Crippen LogP contribution in [0.2, 0.25) is 0 Å². The Morgan fingerprint density at radius 3 is 2.67 bits per heavy atom. The number of fused-ring (bicyclic) bond motifs is 2. The summed E-state index contributed by atoms with van der Waals surface area (Å²) in [4.78, 5) is 24.0. The van der Waals surface area contributed by atoms with Crippen molar-refractivity contribution in [2.45, 2.75) is 38.8 Å². The van der Waals surface area contributed by atoms with Crippen LogP contribution < -0.4 is 22.1 Å². The summed E-state index contributed by atoms with van der Waals surface area (Å²) in [5.41, 5.74) is 12.1. The molecule has 2 rings (SSSR count). The summed E-state index contributed by atoms with van der Waals surface area (Å²) in [5, 5.41) is 12.0. The zero-order valence-electron chi connectivity index (χ0n) is 14.9. The molecule has 0 radical (unpaired) electrons. The summed E-state index contributed by atoms with van der Waals surface area (Å²) in [6, 6.07) is 3.97. The molecule has 27 heavy (non-hydrogen) atoms. The molecular weight excluding hydrogens is 356 g/mol. The number of amides is 2. The molecule has 2 unspecified atom stereocenters. The predicted octanol–water partition coefficient (Wildman–Crippen LogP) is 1.85. The van der Waals surface area contributed by atoms with E-state index in [0.717, 1.165) is 6.21 Å². The third kappa shape index (κ3) is 5.10. The van der Waals surface area contributed by atoms with Crippen LogP contribution in [0.15, 0.2) is 23.9 Å². The molecule has 1 aliphatic rings. The van der Waals surface area contributed by atoms with Crippen molar-refractivity contribution in [1.82, 2.24) is 10.6 Å². The van der Waals surface area contributed by atoms with E-state index in [4.69, 9.17) is 16.9 Å². The quantitative estimate of drug-likeness (QED) is 0.403. The molecule has 1 heterocycles. The van der Waals surface area contributed by atoms with Gasteiger partial charge < -0.3 is 27.5 Å². The lowest BCUT2D eigenvalue weighted by molar-refractivity contribution is -0.123. The second-order valence-electron chi connectivity index (χ2n) is 6.51. The van der Waals surface area contributed by atoms with Crippen LogP contribution in [-0.4, -0.2) is 24.6 Å². The van der Waals surface area contributed by atoms with Crippen LogP contribution in [0, 0.1) is 11.3 Å². The molecular formula is C18H23F2N5O2. The van der Waals surface area contributed by atoms with Gasteiger partial charge in [0.1, 0.15) is 0 Å². The fourth-order valence-corrected chi connectivity index (χ4v) is 2.95. The van der Waals surface area contributed by atoms with Gasteiger partial charge in [0.15, 0.2) is 0 Å². The molecule has 1 aromatic carbocycles. The third-order valence-corrected chi connectivity index (χ3v) is 4.48. The van der Waals surface area contributed by atoms with E-state index < -0.39 is 18.5 Å². The number of halogens is 2. The van der Waals surface area contributed by atoms with E-state index >= 15 is 0 Å². The predicted molar refractivity (Wildman–Crippen MR) is 97.9 cm³/mol. The van der Waals surface area contributed by atoms with Crippen LogP contribution in [0.3, 0.4) is 0 Å². The van der Waals surface area contributed by atoms with Crippen molar-refractivity contribution in [1.29, 1.82) is 5.41 Å². The molecule has 0 aromatic heterocycles.